The number of benzene rings is 3. The van der Waals surface area contributed by atoms with E-state index in [1.54, 1.807) is 0 Å². The topological polar surface area (TPSA) is 124 Å². The number of carbonyl (C=O) groups is 3. The summed E-state index contributed by atoms with van der Waals surface area (Å²) in [6.45, 7) is 12.2. The van der Waals surface area contributed by atoms with E-state index < -0.39 is 27.9 Å². The van der Waals surface area contributed by atoms with E-state index in [1.807, 2.05) is 42.5 Å². The average molecular weight is 725 g/mol. The number of unbranched alkanes of at least 4 members (excludes halogenated alkanes) is 1. The Balaban J connectivity index is 1.23. The predicted molar refractivity (Wildman–Crippen MR) is 202 cm³/mol. The van der Waals surface area contributed by atoms with Crippen LogP contribution in [0, 0.1) is 0 Å². The van der Waals surface area contributed by atoms with Gasteiger partial charge in [0.15, 0.2) is 5.71 Å². The number of carbonyl (C=O) groups excluding carboxylic acids is 3. The highest BCUT2D eigenvalue weighted by molar-refractivity contribution is 7.85. The number of likely N-dealkylation sites (N-methyl/N-ethyl adjacent to an activating group) is 1. The lowest BCUT2D eigenvalue weighted by Gasteiger charge is -2.25. The molecule has 3 aromatic carbocycles. The van der Waals surface area contributed by atoms with Crippen molar-refractivity contribution in [3.05, 3.63) is 107 Å². The molecular formula is C41H46N3O7S+. The number of rotatable bonds is 12. The Bertz CT molecular complexity index is 2180. The van der Waals surface area contributed by atoms with Gasteiger partial charge >= 0.3 is 5.97 Å². The van der Waals surface area contributed by atoms with Crippen molar-refractivity contribution in [3.63, 3.8) is 0 Å². The van der Waals surface area contributed by atoms with Crippen LogP contribution in [0.25, 0.3) is 10.8 Å². The summed E-state index contributed by atoms with van der Waals surface area (Å²) in [5.41, 5.74) is 6.73. The van der Waals surface area contributed by atoms with Gasteiger partial charge in [0.05, 0.1) is 17.6 Å². The zero-order valence-corrected chi connectivity index (χ0v) is 31.2. The predicted octanol–water partition coefficient (Wildman–Crippen LogP) is 6.85. The van der Waals surface area contributed by atoms with Gasteiger partial charge in [-0.05, 0) is 67.3 Å². The van der Waals surface area contributed by atoms with E-state index in [-0.39, 0.29) is 35.8 Å². The van der Waals surface area contributed by atoms with E-state index in [2.05, 4.69) is 86.6 Å². The van der Waals surface area contributed by atoms with E-state index in [1.165, 1.54) is 16.3 Å². The number of fused-ring (bicyclic) bond motifs is 4. The van der Waals surface area contributed by atoms with E-state index in [4.69, 9.17) is 4.84 Å². The summed E-state index contributed by atoms with van der Waals surface area (Å²) in [5.74, 6) is -1.92. The summed E-state index contributed by atoms with van der Waals surface area (Å²) < 4.78 is 34.3. The van der Waals surface area contributed by atoms with E-state index in [9.17, 15) is 27.4 Å². The number of imide groups is 1. The summed E-state index contributed by atoms with van der Waals surface area (Å²) >= 11 is 0. The van der Waals surface area contributed by atoms with E-state index in [0.29, 0.717) is 24.4 Å². The first kappa shape index (κ1) is 36.9. The van der Waals surface area contributed by atoms with Gasteiger partial charge in [0, 0.05) is 60.3 Å². The molecule has 3 aliphatic rings. The fourth-order valence-corrected chi connectivity index (χ4v) is 8.39. The van der Waals surface area contributed by atoms with Crippen molar-refractivity contribution in [2.75, 3.05) is 23.7 Å². The van der Waals surface area contributed by atoms with Gasteiger partial charge in [-0.2, -0.15) is 13.0 Å². The Labute approximate surface area is 305 Å². The van der Waals surface area contributed by atoms with Crippen LogP contribution in [0.5, 0.6) is 0 Å². The molecule has 2 amide bonds. The molecule has 3 heterocycles. The molecule has 1 saturated heterocycles. The normalized spacial score (nSPS) is 18.8. The van der Waals surface area contributed by atoms with Gasteiger partial charge in [-0.3, -0.25) is 14.1 Å². The first-order valence-corrected chi connectivity index (χ1v) is 19.4. The highest BCUT2D eigenvalue weighted by atomic mass is 32.2. The Hall–Kier alpha value is -4.87. The van der Waals surface area contributed by atoms with Crippen molar-refractivity contribution < 1.29 is 36.8 Å². The molecule has 6 rings (SSSR count). The van der Waals surface area contributed by atoms with Crippen LogP contribution in [-0.2, 0) is 46.6 Å². The van der Waals surface area contributed by atoms with Crippen LogP contribution in [0.2, 0.25) is 0 Å². The number of amides is 2. The second kappa shape index (κ2) is 14.3. The third-order valence-corrected chi connectivity index (χ3v) is 11.1. The minimum Gasteiger partial charge on any atom is -0.344 e. The van der Waals surface area contributed by atoms with Crippen LogP contribution in [-0.4, -0.2) is 64.9 Å². The fraction of sp³-hybridized carbons (Fsp3) is 0.366. The maximum atomic E-state index is 12.6. The Morgan fingerprint density at radius 3 is 2.38 bits per heavy atom. The molecule has 0 radical (unpaired) electrons. The highest BCUT2D eigenvalue weighted by Crippen LogP contribution is 2.48. The number of anilines is 1. The second-order valence-corrected chi connectivity index (χ2v) is 16.1. The van der Waals surface area contributed by atoms with Crippen LogP contribution in [0.4, 0.5) is 11.4 Å². The van der Waals surface area contributed by atoms with E-state index >= 15 is 0 Å². The summed E-state index contributed by atoms with van der Waals surface area (Å²) in [7, 11) is -4.02. The molecule has 11 heteroatoms. The molecule has 1 fully saturated rings. The molecule has 0 unspecified atom stereocenters. The molecule has 0 saturated carbocycles. The lowest BCUT2D eigenvalue weighted by Crippen LogP contribution is -2.32. The zero-order chi connectivity index (χ0) is 37.4. The van der Waals surface area contributed by atoms with Crippen molar-refractivity contribution in [1.29, 1.82) is 0 Å². The fourth-order valence-electron chi connectivity index (χ4n) is 7.82. The Morgan fingerprint density at radius 1 is 0.942 bits per heavy atom. The minimum absolute atomic E-state index is 0.0505. The molecule has 3 aromatic rings. The molecule has 272 valence electrons. The summed E-state index contributed by atoms with van der Waals surface area (Å²) in [6, 6.07) is 18.5. The lowest BCUT2D eigenvalue weighted by atomic mass is 9.79. The van der Waals surface area contributed by atoms with Crippen LogP contribution in [0.3, 0.4) is 0 Å². The van der Waals surface area contributed by atoms with Gasteiger partial charge in [-0.25, -0.2) is 4.79 Å². The molecular weight excluding hydrogens is 679 g/mol. The van der Waals surface area contributed by atoms with Gasteiger partial charge in [0.1, 0.15) is 6.54 Å². The SMILES string of the molecule is CCN1C(=CC=CC=CC2=[N+](CCCCS(=O)(=O)O)c3ccc4ccccc4c3C2(C)C)C(C)(C)c2cc(CC(=O)ON3C(=O)CCC3=O)ccc21. The zero-order valence-electron chi connectivity index (χ0n) is 30.4. The number of hydroxylamine groups is 2. The quantitative estimate of drug-likeness (QED) is 0.0708. The molecule has 3 aliphatic heterocycles. The first-order valence-electron chi connectivity index (χ1n) is 17.8. The highest BCUT2D eigenvalue weighted by Gasteiger charge is 2.45. The lowest BCUT2D eigenvalue weighted by molar-refractivity contribution is -0.438. The number of allylic oxidation sites excluding steroid dienone is 6. The van der Waals surface area contributed by atoms with Crippen molar-refractivity contribution in [3.8, 4) is 0 Å². The van der Waals surface area contributed by atoms with Gasteiger partial charge in [0.2, 0.25) is 5.69 Å². The van der Waals surface area contributed by atoms with Crippen LogP contribution in [0.15, 0.2) is 90.7 Å². The van der Waals surface area contributed by atoms with Gasteiger partial charge in [-0.1, -0.05) is 68.5 Å². The molecule has 0 aliphatic carbocycles. The third kappa shape index (κ3) is 7.12. The molecule has 0 aromatic heterocycles. The van der Waals surface area contributed by atoms with Crippen LogP contribution < -0.4 is 4.90 Å². The Morgan fingerprint density at radius 2 is 1.67 bits per heavy atom. The largest absolute Gasteiger partial charge is 0.344 e. The molecule has 0 spiro atoms. The summed E-state index contributed by atoms with van der Waals surface area (Å²) in [5, 5.41) is 2.94. The Kier molecular flexibility index (Phi) is 10.1. The number of hydrogen-bond donors (Lipinski definition) is 1. The first-order chi connectivity index (χ1) is 24.6. The molecule has 10 nitrogen and oxygen atoms in total. The van der Waals surface area contributed by atoms with Crippen molar-refractivity contribution in [2.24, 2.45) is 0 Å². The molecule has 1 N–H and O–H groups in total. The molecule has 0 atom stereocenters. The minimum atomic E-state index is -4.02. The van der Waals surface area contributed by atoms with Crippen LogP contribution >= 0.6 is 0 Å². The average Bonchev–Trinajstić information content (AvgIpc) is 3.60. The van der Waals surface area contributed by atoms with Gasteiger partial charge in [0.25, 0.3) is 21.9 Å². The summed E-state index contributed by atoms with van der Waals surface area (Å²) in [6.07, 6.45) is 11.3. The summed E-state index contributed by atoms with van der Waals surface area (Å²) in [4.78, 5) is 43.8. The maximum Gasteiger partial charge on any atom is 0.337 e. The van der Waals surface area contributed by atoms with Crippen molar-refractivity contribution in [2.45, 2.75) is 77.6 Å². The van der Waals surface area contributed by atoms with E-state index in [0.717, 1.165) is 40.5 Å². The maximum absolute atomic E-state index is 12.6. The van der Waals surface area contributed by atoms with Crippen LogP contribution in [0.1, 0.15) is 77.0 Å². The molecule has 52 heavy (non-hydrogen) atoms. The number of nitrogens with zero attached hydrogens (tertiary/aromatic N) is 3. The van der Waals surface area contributed by atoms with Crippen molar-refractivity contribution in [1.82, 2.24) is 5.06 Å². The van der Waals surface area contributed by atoms with Crippen molar-refractivity contribution >= 4 is 55.8 Å². The second-order valence-electron chi connectivity index (χ2n) is 14.6. The standard InChI is InChI=1S/C41H45N3O7S/c1-6-42-32-20-18-28(27-38(47)51-44-36(45)22-23-37(44)46)26-31(32)40(2,3)34(42)16-8-7-9-17-35-41(4,5)39-30-15-11-10-14-29(30)19-21-33(39)43(35)24-12-13-25-52(48,49)50/h7-11,14-21,26H,6,12-13,22-25,27H2,1-5H3/p+1. The monoisotopic (exact) mass is 724 g/mol. The van der Waals surface area contributed by atoms with Gasteiger partial charge in [-0.15, -0.1) is 5.06 Å². The number of hydrogen-bond acceptors (Lipinski definition) is 7. The van der Waals surface area contributed by atoms with Gasteiger partial charge < -0.3 is 9.74 Å². The smallest absolute Gasteiger partial charge is 0.337 e. The molecule has 0 bridgehead atoms. The third-order valence-electron chi connectivity index (χ3n) is 10.3.